The minimum Gasteiger partial charge on any atom is -0.236 e. The van der Waals surface area contributed by atoms with Gasteiger partial charge in [-0.3, -0.25) is 0 Å². The van der Waals surface area contributed by atoms with E-state index in [4.69, 9.17) is 0 Å². The molecule has 3 heteroatoms. The summed E-state index contributed by atoms with van der Waals surface area (Å²) in [7, 11) is 0. The number of hydrogen-bond donors (Lipinski definition) is 0. The van der Waals surface area contributed by atoms with Crippen LogP contribution in [0.4, 0.5) is 4.39 Å². The van der Waals surface area contributed by atoms with Crippen LogP contribution >= 0.6 is 0 Å². The Balaban J connectivity index is 1.52. The third kappa shape index (κ3) is 7.40. The molecule has 1 aliphatic carbocycles. The predicted molar refractivity (Wildman–Crippen MR) is 129 cm³/mol. The van der Waals surface area contributed by atoms with Gasteiger partial charge in [0.05, 0.1) is 0 Å². The van der Waals surface area contributed by atoms with Crippen molar-refractivity contribution in [2.75, 3.05) is 0 Å². The van der Waals surface area contributed by atoms with E-state index < -0.39 is 0 Å². The predicted octanol–water partition coefficient (Wildman–Crippen LogP) is 8.65. The third-order valence-electron chi connectivity index (χ3n) is 7.04. The first-order valence-electron chi connectivity index (χ1n) is 12.8. The lowest BCUT2D eigenvalue weighted by atomic mass is 9.76. The number of nitrogens with zero attached hydrogens (tertiary/aromatic N) is 2. The van der Waals surface area contributed by atoms with E-state index in [1.807, 2.05) is 24.5 Å². The molecule has 0 unspecified atom stereocenters. The molecular weight excluding hydrogens is 383 g/mol. The highest BCUT2D eigenvalue weighted by molar-refractivity contribution is 5.55. The molecule has 0 radical (unpaired) electrons. The molecule has 0 aliphatic heterocycles. The van der Waals surface area contributed by atoms with Gasteiger partial charge in [0.15, 0.2) is 5.82 Å². The van der Waals surface area contributed by atoms with E-state index in [0.717, 1.165) is 36.3 Å². The molecule has 170 valence electrons. The fourth-order valence-electron chi connectivity index (χ4n) is 5.01. The number of halogens is 1. The summed E-state index contributed by atoms with van der Waals surface area (Å²) in [5.74, 6) is 1.76. The first kappa shape index (κ1) is 23.9. The van der Waals surface area contributed by atoms with Crippen molar-refractivity contribution in [3.63, 3.8) is 0 Å². The number of aryl methyl sites for hydroxylation is 1. The minimum atomic E-state index is -0.0869. The van der Waals surface area contributed by atoms with E-state index in [1.54, 1.807) is 6.07 Å². The van der Waals surface area contributed by atoms with Gasteiger partial charge in [-0.2, -0.15) is 0 Å². The zero-order valence-corrected chi connectivity index (χ0v) is 19.7. The highest BCUT2D eigenvalue weighted by Gasteiger charge is 2.24. The van der Waals surface area contributed by atoms with Crippen molar-refractivity contribution >= 4 is 0 Å². The largest absolute Gasteiger partial charge is 0.236 e. The Kier molecular flexibility index (Phi) is 9.96. The second-order valence-corrected chi connectivity index (χ2v) is 9.53. The Morgan fingerprint density at radius 1 is 0.839 bits per heavy atom. The average molecular weight is 425 g/mol. The molecule has 0 bridgehead atoms. The summed E-state index contributed by atoms with van der Waals surface area (Å²) in [5.41, 5.74) is 2.84. The van der Waals surface area contributed by atoms with Crippen LogP contribution in [0.2, 0.25) is 0 Å². The Morgan fingerprint density at radius 3 is 2.16 bits per heavy atom. The topological polar surface area (TPSA) is 25.8 Å². The Labute approximate surface area is 189 Å². The number of unbranched alkanes of at least 4 members (excludes halogenated alkanes) is 6. The van der Waals surface area contributed by atoms with Crippen molar-refractivity contribution in [1.29, 1.82) is 0 Å². The van der Waals surface area contributed by atoms with E-state index in [0.29, 0.717) is 11.7 Å². The molecule has 1 aromatic carbocycles. The number of rotatable bonds is 12. The maximum atomic E-state index is 15.0. The summed E-state index contributed by atoms with van der Waals surface area (Å²) in [6, 6.07) is 5.63. The lowest BCUT2D eigenvalue weighted by Gasteiger charge is -2.29. The zero-order chi connectivity index (χ0) is 21.9. The van der Waals surface area contributed by atoms with Crippen LogP contribution in [0, 0.1) is 11.7 Å². The minimum absolute atomic E-state index is 0.0869. The summed E-state index contributed by atoms with van der Waals surface area (Å²) in [4.78, 5) is 9.01. The van der Waals surface area contributed by atoms with Gasteiger partial charge in [0.1, 0.15) is 5.82 Å². The van der Waals surface area contributed by atoms with Crippen molar-refractivity contribution in [2.45, 2.75) is 110 Å². The third-order valence-corrected chi connectivity index (χ3v) is 7.04. The van der Waals surface area contributed by atoms with Gasteiger partial charge in [-0.1, -0.05) is 77.3 Å². The van der Waals surface area contributed by atoms with Crippen molar-refractivity contribution in [2.24, 2.45) is 5.92 Å². The standard InChI is InChI=1S/C28H41FN2/c1-3-5-7-9-11-22-13-15-24(16-14-22)26-18-17-25(19-27(26)29)28-30-20-23(21-31-28)12-10-8-6-4-2/h17-22,24H,3-16H2,1-2H3/t22-,24-. The van der Waals surface area contributed by atoms with Gasteiger partial charge in [0, 0.05) is 18.0 Å². The normalized spacial score (nSPS) is 18.9. The van der Waals surface area contributed by atoms with Gasteiger partial charge in [-0.25, -0.2) is 14.4 Å². The molecule has 0 N–H and O–H groups in total. The Bertz CT molecular complexity index is 763. The SMILES string of the molecule is CCCCCCc1cnc(-c2ccc([C@H]3CC[C@H](CCCCCC)CC3)c(F)c2)nc1. The first-order chi connectivity index (χ1) is 15.2. The smallest absolute Gasteiger partial charge is 0.159 e. The van der Waals surface area contributed by atoms with Crippen LogP contribution in [0.5, 0.6) is 0 Å². The van der Waals surface area contributed by atoms with Crippen LogP contribution in [-0.2, 0) is 6.42 Å². The highest BCUT2D eigenvalue weighted by atomic mass is 19.1. The lowest BCUT2D eigenvalue weighted by molar-refractivity contribution is 0.298. The summed E-state index contributed by atoms with van der Waals surface area (Å²) >= 11 is 0. The summed E-state index contributed by atoms with van der Waals surface area (Å²) < 4.78 is 15.0. The van der Waals surface area contributed by atoms with Gasteiger partial charge in [0.25, 0.3) is 0 Å². The van der Waals surface area contributed by atoms with Crippen LogP contribution in [0.25, 0.3) is 11.4 Å². The van der Waals surface area contributed by atoms with E-state index in [-0.39, 0.29) is 5.82 Å². The molecule has 2 aromatic rings. The summed E-state index contributed by atoms with van der Waals surface area (Å²) in [6.45, 7) is 4.49. The quantitative estimate of drug-likeness (QED) is 0.319. The number of hydrogen-bond acceptors (Lipinski definition) is 2. The number of aromatic nitrogens is 2. The second kappa shape index (κ2) is 12.9. The monoisotopic (exact) mass is 424 g/mol. The molecule has 1 aliphatic rings. The Hall–Kier alpha value is -1.77. The van der Waals surface area contributed by atoms with Crippen molar-refractivity contribution in [3.8, 4) is 11.4 Å². The fourth-order valence-corrected chi connectivity index (χ4v) is 5.01. The van der Waals surface area contributed by atoms with Crippen LogP contribution < -0.4 is 0 Å². The van der Waals surface area contributed by atoms with Crippen LogP contribution in [0.3, 0.4) is 0 Å². The molecule has 0 saturated heterocycles. The van der Waals surface area contributed by atoms with E-state index in [9.17, 15) is 4.39 Å². The van der Waals surface area contributed by atoms with Gasteiger partial charge in [-0.15, -0.1) is 0 Å². The maximum Gasteiger partial charge on any atom is 0.159 e. The second-order valence-electron chi connectivity index (χ2n) is 9.53. The van der Waals surface area contributed by atoms with Crippen molar-refractivity contribution < 1.29 is 4.39 Å². The van der Waals surface area contributed by atoms with Crippen LogP contribution in [0.1, 0.15) is 114 Å². The summed E-state index contributed by atoms with van der Waals surface area (Å²) in [6.07, 6.45) is 21.3. The average Bonchev–Trinajstić information content (AvgIpc) is 2.80. The highest BCUT2D eigenvalue weighted by Crippen LogP contribution is 2.39. The van der Waals surface area contributed by atoms with Gasteiger partial charge in [0.2, 0.25) is 0 Å². The fraction of sp³-hybridized carbons (Fsp3) is 0.643. The van der Waals surface area contributed by atoms with Gasteiger partial charge >= 0.3 is 0 Å². The molecule has 0 amide bonds. The molecule has 1 heterocycles. The van der Waals surface area contributed by atoms with Crippen molar-refractivity contribution in [1.82, 2.24) is 9.97 Å². The molecule has 3 rings (SSSR count). The van der Waals surface area contributed by atoms with Crippen LogP contribution in [-0.4, -0.2) is 9.97 Å². The molecule has 2 nitrogen and oxygen atoms in total. The van der Waals surface area contributed by atoms with Gasteiger partial charge < -0.3 is 0 Å². The molecular formula is C28H41FN2. The molecule has 0 spiro atoms. The lowest BCUT2D eigenvalue weighted by Crippen LogP contribution is -2.14. The van der Waals surface area contributed by atoms with E-state index in [1.165, 1.54) is 76.2 Å². The molecule has 1 fully saturated rings. The van der Waals surface area contributed by atoms with Crippen molar-refractivity contribution in [3.05, 3.63) is 47.5 Å². The molecule has 0 atom stereocenters. The Morgan fingerprint density at radius 2 is 1.52 bits per heavy atom. The van der Waals surface area contributed by atoms with E-state index in [2.05, 4.69) is 23.8 Å². The summed E-state index contributed by atoms with van der Waals surface area (Å²) in [5, 5.41) is 0. The number of benzene rings is 1. The maximum absolute atomic E-state index is 15.0. The molecule has 1 saturated carbocycles. The van der Waals surface area contributed by atoms with Gasteiger partial charge in [-0.05, 0) is 67.6 Å². The van der Waals surface area contributed by atoms with Crippen LogP contribution in [0.15, 0.2) is 30.6 Å². The first-order valence-corrected chi connectivity index (χ1v) is 12.8. The molecule has 31 heavy (non-hydrogen) atoms. The van der Waals surface area contributed by atoms with E-state index >= 15 is 0 Å². The zero-order valence-electron chi connectivity index (χ0n) is 19.7. The molecule has 1 aromatic heterocycles.